The second-order valence-corrected chi connectivity index (χ2v) is 15.3. The number of aliphatic imine (C=N–C) groups is 2. The summed E-state index contributed by atoms with van der Waals surface area (Å²) in [6.07, 6.45) is 11.9. The molecule has 0 unspecified atom stereocenters. The molecule has 0 bridgehead atoms. The van der Waals surface area contributed by atoms with Crippen molar-refractivity contribution in [3.8, 4) is 35.0 Å². The smallest absolute Gasteiger partial charge is 0.331 e. The fourth-order valence-electron chi connectivity index (χ4n) is 9.02. The molecule has 4 heterocycles. The molecule has 0 saturated heterocycles. The summed E-state index contributed by atoms with van der Waals surface area (Å²) in [6, 6.07) is 8.25. The average molecular weight is 847 g/mol. The van der Waals surface area contributed by atoms with Gasteiger partial charge in [-0.1, -0.05) is 0 Å². The number of aromatic nitrogens is 4. The number of benzene rings is 2. The van der Waals surface area contributed by atoms with Crippen molar-refractivity contribution >= 4 is 23.4 Å². The minimum absolute atomic E-state index is 0.0609. The van der Waals surface area contributed by atoms with Gasteiger partial charge < -0.3 is 37.9 Å². The minimum atomic E-state index is -0.613. The molecule has 0 spiro atoms. The molecule has 0 radical (unpaired) electrons. The summed E-state index contributed by atoms with van der Waals surface area (Å²) in [5.74, 6) is 1.06. The monoisotopic (exact) mass is 846 g/mol. The van der Waals surface area contributed by atoms with Crippen molar-refractivity contribution < 1.29 is 47.5 Å². The molecule has 2 aliphatic heterocycles. The van der Waals surface area contributed by atoms with E-state index in [2.05, 4.69) is 19.9 Å². The predicted octanol–water partition coefficient (Wildman–Crippen LogP) is 6.15. The Hall–Kier alpha value is -6.58. The predicted molar refractivity (Wildman–Crippen MR) is 226 cm³/mol. The molecule has 62 heavy (non-hydrogen) atoms. The lowest BCUT2D eigenvalue weighted by Gasteiger charge is -2.38. The van der Waals surface area contributed by atoms with E-state index in [4.69, 9.17) is 47.9 Å². The molecule has 16 heteroatoms. The van der Waals surface area contributed by atoms with Crippen LogP contribution in [0.1, 0.15) is 97.6 Å². The highest BCUT2D eigenvalue weighted by Crippen LogP contribution is 2.47. The first-order valence-corrected chi connectivity index (χ1v) is 20.9. The normalized spacial score (nSPS) is 22.4. The molecular formula is C46H50N6O10. The van der Waals surface area contributed by atoms with E-state index in [1.807, 2.05) is 38.1 Å². The van der Waals surface area contributed by atoms with Gasteiger partial charge in [0.05, 0.1) is 65.2 Å². The van der Waals surface area contributed by atoms with Crippen molar-refractivity contribution in [2.24, 2.45) is 9.98 Å². The van der Waals surface area contributed by atoms with E-state index in [1.54, 1.807) is 39.0 Å². The maximum atomic E-state index is 13.2. The van der Waals surface area contributed by atoms with Crippen molar-refractivity contribution in [3.05, 3.63) is 94.6 Å². The molecule has 2 aromatic carbocycles. The van der Waals surface area contributed by atoms with E-state index < -0.39 is 24.1 Å². The Morgan fingerprint density at radius 3 is 1.32 bits per heavy atom. The second kappa shape index (κ2) is 18.6. The number of esters is 2. The van der Waals surface area contributed by atoms with E-state index in [0.717, 1.165) is 57.0 Å². The zero-order chi connectivity index (χ0) is 43.3. The first kappa shape index (κ1) is 42.1. The Kier molecular flexibility index (Phi) is 12.6. The number of hydrogen-bond acceptors (Lipinski definition) is 16. The van der Waals surface area contributed by atoms with Gasteiger partial charge in [-0.05, 0) is 87.8 Å². The van der Waals surface area contributed by atoms with Gasteiger partial charge in [-0.15, -0.1) is 0 Å². The highest BCUT2D eigenvalue weighted by atomic mass is 16.6. The van der Waals surface area contributed by atoms with Gasteiger partial charge in [-0.2, -0.15) is 0 Å². The van der Waals surface area contributed by atoms with Crippen LogP contribution >= 0.6 is 0 Å². The molecule has 2 aliphatic carbocycles. The summed E-state index contributed by atoms with van der Waals surface area (Å²) in [5.41, 5.74) is 6.76. The van der Waals surface area contributed by atoms with E-state index in [9.17, 15) is 9.59 Å². The van der Waals surface area contributed by atoms with Gasteiger partial charge in [0.2, 0.25) is 0 Å². The van der Waals surface area contributed by atoms with E-state index in [0.29, 0.717) is 74.7 Å². The third-order valence-corrected chi connectivity index (χ3v) is 11.8. The van der Waals surface area contributed by atoms with Crippen LogP contribution in [0.2, 0.25) is 0 Å². The van der Waals surface area contributed by atoms with E-state index >= 15 is 0 Å². The topological polar surface area (TPSA) is 184 Å². The van der Waals surface area contributed by atoms with Crippen LogP contribution in [0.4, 0.5) is 0 Å². The molecule has 0 N–H and O–H groups in total. The molecule has 4 aromatic rings. The Labute approximate surface area is 359 Å². The van der Waals surface area contributed by atoms with Gasteiger partial charge in [0.1, 0.15) is 12.2 Å². The molecule has 6 atom stereocenters. The molecule has 16 nitrogen and oxygen atoms in total. The molecule has 8 rings (SSSR count). The number of methoxy groups -OCH3 is 4. The van der Waals surface area contributed by atoms with Crippen LogP contribution in [-0.2, 0) is 19.1 Å². The molecule has 324 valence electrons. The van der Waals surface area contributed by atoms with Crippen LogP contribution in [0.25, 0.3) is 0 Å². The molecule has 2 aromatic heterocycles. The zero-order valence-corrected chi connectivity index (χ0v) is 35.7. The number of rotatable bonds is 14. The van der Waals surface area contributed by atoms with Gasteiger partial charge >= 0.3 is 24.0 Å². The lowest BCUT2D eigenvalue weighted by molar-refractivity contribution is -0.147. The summed E-state index contributed by atoms with van der Waals surface area (Å²) in [5, 5.41) is 0. The fourth-order valence-corrected chi connectivity index (χ4v) is 9.02. The third kappa shape index (κ3) is 8.63. The summed E-state index contributed by atoms with van der Waals surface area (Å²) in [4.78, 5) is 54.1. The van der Waals surface area contributed by atoms with Crippen molar-refractivity contribution in [3.63, 3.8) is 0 Å². The van der Waals surface area contributed by atoms with Crippen molar-refractivity contribution in [1.82, 2.24) is 19.9 Å². The number of nitrogens with zero attached hydrogens (tertiary/aromatic N) is 6. The number of ether oxygens (including phenoxy) is 8. The van der Waals surface area contributed by atoms with E-state index in [1.165, 1.54) is 14.2 Å². The SMILES string of the molecule is CCOc1cc2c(cc1OC)C(c1cnc(OC)nc1)=N[C@@H]1CC[C@@H](OC(=O)/C=C/C(=O)O[C@@H]3CC[C@H]4N=C(c5cnc(OC)nc5)c5cc(OC)c(OCC)cc5[C@H]4C3)C[C@H]21. The molecule has 2 fully saturated rings. The van der Waals surface area contributed by atoms with Crippen LogP contribution < -0.4 is 28.4 Å². The van der Waals surface area contributed by atoms with Gasteiger partial charge in [0, 0.05) is 71.0 Å². The van der Waals surface area contributed by atoms with Gasteiger partial charge in [0.15, 0.2) is 23.0 Å². The molecule has 2 saturated carbocycles. The van der Waals surface area contributed by atoms with Crippen LogP contribution in [0, 0.1) is 0 Å². The van der Waals surface area contributed by atoms with Crippen LogP contribution in [-0.4, -0.2) is 109 Å². The maximum Gasteiger partial charge on any atom is 0.331 e. The van der Waals surface area contributed by atoms with Crippen molar-refractivity contribution in [1.29, 1.82) is 0 Å². The summed E-state index contributed by atoms with van der Waals surface area (Å²) < 4.78 is 45.6. The zero-order valence-electron chi connectivity index (χ0n) is 35.7. The van der Waals surface area contributed by atoms with E-state index in [-0.39, 0.29) is 35.9 Å². The molecular weight excluding hydrogens is 797 g/mol. The lowest BCUT2D eigenvalue weighted by Crippen LogP contribution is -2.36. The lowest BCUT2D eigenvalue weighted by atomic mass is 9.74. The number of carbonyl (C=O) groups excluding carboxylic acids is 2. The van der Waals surface area contributed by atoms with Gasteiger partial charge in [-0.25, -0.2) is 29.5 Å². The summed E-state index contributed by atoms with van der Waals surface area (Å²) in [7, 11) is 6.24. The average Bonchev–Trinajstić information content (AvgIpc) is 3.30. The van der Waals surface area contributed by atoms with Gasteiger partial charge in [0.25, 0.3) is 0 Å². The quantitative estimate of drug-likeness (QED) is 0.104. The first-order valence-electron chi connectivity index (χ1n) is 20.9. The standard InChI is InChI=1S/C46H50N6O10/c1-7-59-39-17-29-31-15-27(9-11-35(31)51-43(33(29)19-37(39)55-3)25-21-47-45(57-5)48-22-25)61-41(53)13-14-42(54)62-28-10-12-36-32(16-28)30-18-40(60-8-2)38(56-4)20-34(30)44(52-36)26-23-49-46(58-6)50-24-26/h13-14,17-24,27-28,31-32,35-36H,7-12,15-16H2,1-6H3/b14-13+/t27-,28-,31-,32-,35-,36-/m1/s1. The second-order valence-electron chi connectivity index (χ2n) is 15.3. The maximum absolute atomic E-state index is 13.2. The Bertz CT molecular complexity index is 2220. The summed E-state index contributed by atoms with van der Waals surface area (Å²) in [6.45, 7) is 4.77. The highest BCUT2D eigenvalue weighted by molar-refractivity contribution is 6.15. The highest BCUT2D eigenvalue weighted by Gasteiger charge is 2.41. The number of hydrogen-bond donors (Lipinski definition) is 0. The van der Waals surface area contributed by atoms with Crippen LogP contribution in [0.3, 0.4) is 0 Å². The van der Waals surface area contributed by atoms with Crippen molar-refractivity contribution in [2.75, 3.05) is 41.7 Å². The van der Waals surface area contributed by atoms with Crippen LogP contribution in [0.15, 0.2) is 71.2 Å². The Morgan fingerprint density at radius 2 is 0.968 bits per heavy atom. The molecule has 0 amide bonds. The van der Waals surface area contributed by atoms with Crippen LogP contribution in [0.5, 0.6) is 35.0 Å². The third-order valence-electron chi connectivity index (χ3n) is 11.8. The number of fused-ring (bicyclic) bond motifs is 6. The molecule has 4 aliphatic rings. The number of carbonyl (C=O) groups is 2. The minimum Gasteiger partial charge on any atom is -0.493 e. The summed E-state index contributed by atoms with van der Waals surface area (Å²) >= 11 is 0. The largest absolute Gasteiger partial charge is 0.493 e. The van der Waals surface area contributed by atoms with Crippen molar-refractivity contribution in [2.45, 2.75) is 88.5 Å². The fraction of sp³-hybridized carbons (Fsp3) is 0.435. The Balaban J connectivity index is 0.940. The Morgan fingerprint density at radius 1 is 0.565 bits per heavy atom. The van der Waals surface area contributed by atoms with Gasteiger partial charge in [-0.3, -0.25) is 9.98 Å². The first-order chi connectivity index (χ1) is 30.2.